The van der Waals surface area contributed by atoms with Crippen LogP contribution in [0.3, 0.4) is 0 Å². The van der Waals surface area contributed by atoms with Gasteiger partial charge in [0.05, 0.1) is 13.2 Å². The lowest BCUT2D eigenvalue weighted by atomic mass is 10.0. The van der Waals surface area contributed by atoms with Gasteiger partial charge in [-0.2, -0.15) is 0 Å². The van der Waals surface area contributed by atoms with Gasteiger partial charge < -0.3 is 4.90 Å². The van der Waals surface area contributed by atoms with Gasteiger partial charge in [0.15, 0.2) is 0 Å². The Morgan fingerprint density at radius 2 is 2.00 bits per heavy atom. The third-order valence-electron chi connectivity index (χ3n) is 5.27. The Morgan fingerprint density at radius 1 is 1.25 bits per heavy atom. The van der Waals surface area contributed by atoms with Gasteiger partial charge in [-0.15, -0.1) is 0 Å². The van der Waals surface area contributed by atoms with Gasteiger partial charge in [0.2, 0.25) is 0 Å². The van der Waals surface area contributed by atoms with Crippen LogP contribution >= 0.6 is 15.9 Å². The SMILES string of the molecule is CON(C)C(=O)[C@@H]1CCCN1C1CCN(c2cccc(Br)c2)CC1. The summed E-state index contributed by atoms with van der Waals surface area (Å²) in [6.45, 7) is 3.10. The molecule has 0 aliphatic carbocycles. The summed E-state index contributed by atoms with van der Waals surface area (Å²) < 4.78 is 1.12. The zero-order chi connectivity index (χ0) is 17.1. The van der Waals surface area contributed by atoms with Crippen LogP contribution in [-0.2, 0) is 9.63 Å². The normalized spacial score (nSPS) is 22.8. The van der Waals surface area contributed by atoms with Gasteiger partial charge >= 0.3 is 0 Å². The number of hydrogen-bond acceptors (Lipinski definition) is 4. The smallest absolute Gasteiger partial charge is 0.263 e. The Hall–Kier alpha value is -1.11. The summed E-state index contributed by atoms with van der Waals surface area (Å²) in [7, 11) is 3.25. The predicted octanol–water partition coefficient (Wildman–Crippen LogP) is 2.90. The molecule has 132 valence electrons. The van der Waals surface area contributed by atoms with Crippen molar-refractivity contribution in [3.8, 4) is 0 Å². The standard InChI is InChI=1S/C18H26BrN3O2/c1-20(24-2)18(23)17-7-4-10-22(17)15-8-11-21(12-9-15)16-6-3-5-14(19)13-16/h3,5-6,13,15,17H,4,7-12H2,1-2H3/t17-/m0/s1. The maximum atomic E-state index is 12.5. The molecule has 0 unspecified atom stereocenters. The number of rotatable bonds is 4. The number of hydroxylamine groups is 2. The first-order valence-electron chi connectivity index (χ1n) is 8.68. The lowest BCUT2D eigenvalue weighted by molar-refractivity contribution is -0.174. The third kappa shape index (κ3) is 3.76. The van der Waals surface area contributed by atoms with Crippen molar-refractivity contribution in [2.75, 3.05) is 38.7 Å². The van der Waals surface area contributed by atoms with E-state index in [-0.39, 0.29) is 11.9 Å². The first kappa shape index (κ1) is 17.7. The fourth-order valence-electron chi connectivity index (χ4n) is 3.92. The van der Waals surface area contributed by atoms with Crippen LogP contribution in [0.1, 0.15) is 25.7 Å². The Bertz CT molecular complexity index is 575. The van der Waals surface area contributed by atoms with Crippen LogP contribution < -0.4 is 4.90 Å². The summed E-state index contributed by atoms with van der Waals surface area (Å²) in [5.74, 6) is 0.0874. The number of piperidine rings is 1. The molecule has 0 N–H and O–H groups in total. The van der Waals surface area contributed by atoms with Gasteiger partial charge in [0, 0.05) is 36.3 Å². The third-order valence-corrected chi connectivity index (χ3v) is 5.76. The van der Waals surface area contributed by atoms with Crippen molar-refractivity contribution >= 4 is 27.5 Å². The molecule has 1 aromatic carbocycles. The fourth-order valence-corrected chi connectivity index (χ4v) is 4.31. The number of amides is 1. The first-order valence-corrected chi connectivity index (χ1v) is 9.47. The molecule has 2 aliphatic heterocycles. The zero-order valence-electron chi connectivity index (χ0n) is 14.4. The number of likely N-dealkylation sites (N-methyl/N-ethyl adjacent to an activating group) is 1. The second-order valence-electron chi connectivity index (χ2n) is 6.61. The van der Waals surface area contributed by atoms with Crippen molar-refractivity contribution in [3.63, 3.8) is 0 Å². The quantitative estimate of drug-likeness (QED) is 0.734. The number of benzene rings is 1. The summed E-state index contributed by atoms with van der Waals surface area (Å²) >= 11 is 3.55. The van der Waals surface area contributed by atoms with Crippen molar-refractivity contribution in [1.29, 1.82) is 0 Å². The number of carbonyl (C=O) groups is 1. The Labute approximate surface area is 152 Å². The molecule has 5 nitrogen and oxygen atoms in total. The lowest BCUT2D eigenvalue weighted by Crippen LogP contribution is -2.51. The summed E-state index contributed by atoms with van der Waals surface area (Å²) in [5.41, 5.74) is 1.27. The van der Waals surface area contributed by atoms with Crippen molar-refractivity contribution < 1.29 is 9.63 Å². The van der Waals surface area contributed by atoms with Crippen LogP contribution in [-0.4, -0.2) is 61.7 Å². The maximum absolute atomic E-state index is 12.5. The number of carbonyl (C=O) groups excluding carboxylic acids is 1. The molecular weight excluding hydrogens is 370 g/mol. The fraction of sp³-hybridized carbons (Fsp3) is 0.611. The minimum absolute atomic E-state index is 0.0163. The molecule has 2 aliphatic rings. The van der Waals surface area contributed by atoms with E-state index in [2.05, 4.69) is 50.0 Å². The molecule has 0 bridgehead atoms. The van der Waals surface area contributed by atoms with Crippen molar-refractivity contribution in [2.24, 2.45) is 0 Å². The van der Waals surface area contributed by atoms with Gasteiger partial charge in [-0.1, -0.05) is 22.0 Å². The molecule has 3 rings (SSSR count). The number of hydrogen-bond donors (Lipinski definition) is 0. The molecule has 2 fully saturated rings. The monoisotopic (exact) mass is 395 g/mol. The van der Waals surface area contributed by atoms with Crippen LogP contribution in [0.5, 0.6) is 0 Å². The molecule has 0 radical (unpaired) electrons. The van der Waals surface area contributed by atoms with Gasteiger partial charge in [0.1, 0.15) is 0 Å². The summed E-state index contributed by atoms with van der Waals surface area (Å²) in [6.07, 6.45) is 4.25. The molecule has 24 heavy (non-hydrogen) atoms. The van der Waals surface area contributed by atoms with E-state index in [9.17, 15) is 4.79 Å². The minimum Gasteiger partial charge on any atom is -0.371 e. The largest absolute Gasteiger partial charge is 0.371 e. The molecular formula is C18H26BrN3O2. The molecule has 0 aromatic heterocycles. The van der Waals surface area contributed by atoms with Crippen LogP contribution in [0.15, 0.2) is 28.7 Å². The van der Waals surface area contributed by atoms with E-state index in [1.54, 1.807) is 14.2 Å². The van der Waals surface area contributed by atoms with Gasteiger partial charge in [-0.25, -0.2) is 5.06 Å². The van der Waals surface area contributed by atoms with Crippen LogP contribution in [0.4, 0.5) is 5.69 Å². The molecule has 2 heterocycles. The van der Waals surface area contributed by atoms with E-state index in [4.69, 9.17) is 4.84 Å². The highest BCUT2D eigenvalue weighted by Crippen LogP contribution is 2.29. The van der Waals surface area contributed by atoms with E-state index in [0.717, 1.165) is 49.8 Å². The first-order chi connectivity index (χ1) is 11.6. The van der Waals surface area contributed by atoms with Crippen LogP contribution in [0.25, 0.3) is 0 Å². The molecule has 6 heteroatoms. The summed E-state index contributed by atoms with van der Waals surface area (Å²) in [5, 5.41) is 1.37. The molecule has 0 saturated carbocycles. The highest BCUT2D eigenvalue weighted by atomic mass is 79.9. The molecule has 1 aromatic rings. The van der Waals surface area contributed by atoms with Crippen molar-refractivity contribution in [1.82, 2.24) is 9.96 Å². The van der Waals surface area contributed by atoms with Gasteiger partial charge in [-0.3, -0.25) is 14.5 Å². The Morgan fingerprint density at radius 3 is 2.67 bits per heavy atom. The van der Waals surface area contributed by atoms with E-state index in [0.29, 0.717) is 6.04 Å². The number of nitrogens with zero attached hydrogens (tertiary/aromatic N) is 3. The van der Waals surface area contributed by atoms with Crippen LogP contribution in [0, 0.1) is 0 Å². The summed E-state index contributed by atoms with van der Waals surface area (Å²) in [4.78, 5) is 22.4. The molecule has 0 spiro atoms. The highest BCUT2D eigenvalue weighted by Gasteiger charge is 2.38. The Balaban J connectivity index is 1.60. The summed E-state index contributed by atoms with van der Waals surface area (Å²) in [6, 6.07) is 8.97. The number of likely N-dealkylation sites (tertiary alicyclic amines) is 1. The van der Waals surface area contributed by atoms with Crippen LogP contribution in [0.2, 0.25) is 0 Å². The average Bonchev–Trinajstić information content (AvgIpc) is 3.10. The lowest BCUT2D eigenvalue weighted by Gasteiger charge is -2.40. The van der Waals surface area contributed by atoms with E-state index in [1.165, 1.54) is 10.8 Å². The second-order valence-corrected chi connectivity index (χ2v) is 7.53. The predicted molar refractivity (Wildman–Crippen MR) is 98.9 cm³/mol. The average molecular weight is 396 g/mol. The van der Waals surface area contributed by atoms with E-state index >= 15 is 0 Å². The number of anilines is 1. The molecule has 1 amide bonds. The number of halogens is 1. The maximum Gasteiger partial charge on any atom is 0.263 e. The van der Waals surface area contributed by atoms with Gasteiger partial charge in [-0.05, 0) is 50.4 Å². The zero-order valence-corrected chi connectivity index (χ0v) is 16.0. The van der Waals surface area contributed by atoms with E-state index < -0.39 is 0 Å². The molecule has 2 saturated heterocycles. The Kier molecular flexibility index (Phi) is 5.79. The van der Waals surface area contributed by atoms with Crippen molar-refractivity contribution in [3.05, 3.63) is 28.7 Å². The minimum atomic E-state index is -0.0163. The topological polar surface area (TPSA) is 36.0 Å². The highest BCUT2D eigenvalue weighted by molar-refractivity contribution is 9.10. The molecule has 1 atom stereocenters. The van der Waals surface area contributed by atoms with Crippen molar-refractivity contribution in [2.45, 2.75) is 37.8 Å². The van der Waals surface area contributed by atoms with Gasteiger partial charge in [0.25, 0.3) is 5.91 Å². The second kappa shape index (κ2) is 7.85. The van der Waals surface area contributed by atoms with E-state index in [1.807, 2.05) is 0 Å².